The number of carbonyl (C=O) groups is 2. The van der Waals surface area contributed by atoms with E-state index in [1.807, 2.05) is 24.3 Å². The number of hydrogen-bond acceptors (Lipinski definition) is 7. The summed E-state index contributed by atoms with van der Waals surface area (Å²) in [6.07, 6.45) is 1.04. The largest absolute Gasteiger partial charge is 0.507 e. The number of H-pyrrole nitrogens is 1. The highest BCUT2D eigenvalue weighted by molar-refractivity contribution is 5.99. The van der Waals surface area contributed by atoms with Crippen molar-refractivity contribution in [3.63, 3.8) is 0 Å². The Morgan fingerprint density at radius 2 is 1.90 bits per heavy atom. The summed E-state index contributed by atoms with van der Waals surface area (Å²) >= 11 is 0. The van der Waals surface area contributed by atoms with Gasteiger partial charge in [0.25, 0.3) is 0 Å². The van der Waals surface area contributed by atoms with Gasteiger partial charge in [0.05, 0.1) is 35.9 Å². The van der Waals surface area contributed by atoms with Crippen molar-refractivity contribution in [2.45, 2.75) is 13.8 Å². The van der Waals surface area contributed by atoms with Gasteiger partial charge in [0.2, 0.25) is 0 Å². The number of esters is 2. The maximum Gasteiger partial charge on any atom is 0.355 e. The van der Waals surface area contributed by atoms with E-state index in [4.69, 9.17) is 9.47 Å². The predicted octanol–water partition coefficient (Wildman–Crippen LogP) is 3.36. The Hall–Kier alpha value is -3.81. The number of phenols is 1. The first-order valence-electron chi connectivity index (χ1n) is 9.12. The molecule has 0 atom stereocenters. The summed E-state index contributed by atoms with van der Waals surface area (Å²) in [4.78, 5) is 31.6. The van der Waals surface area contributed by atoms with Gasteiger partial charge in [-0.05, 0) is 44.2 Å². The minimum atomic E-state index is -0.695. The molecule has 8 nitrogen and oxygen atoms in total. The Morgan fingerprint density at radius 1 is 1.14 bits per heavy atom. The van der Waals surface area contributed by atoms with E-state index < -0.39 is 11.9 Å². The molecule has 150 valence electrons. The van der Waals surface area contributed by atoms with Crippen molar-refractivity contribution >= 4 is 28.7 Å². The molecule has 0 amide bonds. The topological polar surface area (TPSA) is 114 Å². The number of aromatic nitrogens is 2. The van der Waals surface area contributed by atoms with Gasteiger partial charge >= 0.3 is 11.9 Å². The number of phenolic OH excluding ortho intramolecular Hbond substituents is 1. The first kappa shape index (κ1) is 19.9. The SMILES string of the molecule is CCOC(=O)/C=C(/Nc1ccc(O)c(-c2nc3ccccc3[nH]2)c1)C(=O)OCC. The van der Waals surface area contributed by atoms with Crippen molar-refractivity contribution in [2.24, 2.45) is 0 Å². The third-order valence-corrected chi connectivity index (χ3v) is 3.96. The number of para-hydroxylation sites is 2. The summed E-state index contributed by atoms with van der Waals surface area (Å²) in [5.41, 5.74) is 2.41. The van der Waals surface area contributed by atoms with Gasteiger partial charge < -0.3 is 24.9 Å². The van der Waals surface area contributed by atoms with Crippen LogP contribution in [-0.2, 0) is 19.1 Å². The standard InChI is InChI=1S/C21H21N3O5/c1-3-28-19(26)12-17(21(27)29-4-2)22-13-9-10-18(25)14(11-13)20-23-15-7-5-6-8-16(15)24-20/h5-12,22,25H,3-4H2,1-2H3,(H,23,24)/b17-12+. The summed E-state index contributed by atoms with van der Waals surface area (Å²) < 4.78 is 9.85. The quantitative estimate of drug-likeness (QED) is 0.319. The lowest BCUT2D eigenvalue weighted by Crippen LogP contribution is -2.17. The molecule has 0 aliphatic heterocycles. The normalized spacial score (nSPS) is 11.3. The van der Waals surface area contributed by atoms with Crippen LogP contribution in [0.4, 0.5) is 5.69 Å². The van der Waals surface area contributed by atoms with Crippen molar-refractivity contribution < 1.29 is 24.2 Å². The number of aromatic amines is 1. The molecule has 0 spiro atoms. The number of imidazole rings is 1. The Morgan fingerprint density at radius 3 is 2.62 bits per heavy atom. The van der Waals surface area contributed by atoms with Crippen LogP contribution in [0.25, 0.3) is 22.4 Å². The highest BCUT2D eigenvalue weighted by Gasteiger charge is 2.16. The number of anilines is 1. The van der Waals surface area contributed by atoms with Crippen LogP contribution >= 0.6 is 0 Å². The third-order valence-electron chi connectivity index (χ3n) is 3.96. The molecule has 0 fully saturated rings. The van der Waals surface area contributed by atoms with Gasteiger partial charge in [0.1, 0.15) is 17.3 Å². The highest BCUT2D eigenvalue weighted by atomic mass is 16.5. The van der Waals surface area contributed by atoms with Crippen molar-refractivity contribution in [1.82, 2.24) is 9.97 Å². The molecule has 3 aromatic rings. The maximum atomic E-state index is 12.2. The number of benzene rings is 2. The molecule has 3 rings (SSSR count). The fourth-order valence-electron chi connectivity index (χ4n) is 2.70. The van der Waals surface area contributed by atoms with Crippen molar-refractivity contribution in [3.05, 3.63) is 54.2 Å². The number of nitrogens with one attached hydrogen (secondary N) is 2. The lowest BCUT2D eigenvalue weighted by molar-refractivity contribution is -0.140. The highest BCUT2D eigenvalue weighted by Crippen LogP contribution is 2.31. The van der Waals surface area contributed by atoms with E-state index >= 15 is 0 Å². The molecule has 0 saturated heterocycles. The zero-order chi connectivity index (χ0) is 20.8. The van der Waals surface area contributed by atoms with E-state index in [-0.39, 0.29) is 24.7 Å². The molecule has 1 heterocycles. The molecular formula is C21H21N3O5. The minimum Gasteiger partial charge on any atom is -0.507 e. The number of nitrogens with zero attached hydrogens (tertiary/aromatic N) is 1. The molecule has 0 aliphatic rings. The van der Waals surface area contributed by atoms with Crippen LogP contribution in [-0.4, -0.2) is 40.2 Å². The fraction of sp³-hybridized carbons (Fsp3) is 0.190. The second kappa shape index (κ2) is 8.92. The average molecular weight is 395 g/mol. The summed E-state index contributed by atoms with van der Waals surface area (Å²) in [5, 5.41) is 13.1. The van der Waals surface area contributed by atoms with Gasteiger partial charge in [-0.2, -0.15) is 0 Å². The van der Waals surface area contributed by atoms with E-state index in [1.165, 1.54) is 6.07 Å². The second-order valence-electron chi connectivity index (χ2n) is 5.99. The predicted molar refractivity (Wildman–Crippen MR) is 108 cm³/mol. The number of ether oxygens (including phenoxy) is 2. The van der Waals surface area contributed by atoms with Gasteiger partial charge in [0.15, 0.2) is 0 Å². The van der Waals surface area contributed by atoms with E-state index in [9.17, 15) is 14.7 Å². The number of carbonyl (C=O) groups excluding carboxylic acids is 2. The van der Waals surface area contributed by atoms with Crippen LogP contribution in [0.2, 0.25) is 0 Å². The Labute approximate surface area is 167 Å². The Kier molecular flexibility index (Phi) is 6.13. The third kappa shape index (κ3) is 4.73. The molecule has 0 unspecified atom stereocenters. The lowest BCUT2D eigenvalue weighted by Gasteiger charge is -2.12. The zero-order valence-electron chi connectivity index (χ0n) is 16.1. The van der Waals surface area contributed by atoms with Crippen molar-refractivity contribution in [2.75, 3.05) is 18.5 Å². The second-order valence-corrected chi connectivity index (χ2v) is 5.99. The Balaban J connectivity index is 1.94. The van der Waals surface area contributed by atoms with Crippen LogP contribution in [0.15, 0.2) is 54.2 Å². The molecule has 0 bridgehead atoms. The van der Waals surface area contributed by atoms with Crippen LogP contribution < -0.4 is 5.32 Å². The molecule has 29 heavy (non-hydrogen) atoms. The first-order chi connectivity index (χ1) is 14.0. The van der Waals surface area contributed by atoms with E-state index in [0.717, 1.165) is 17.1 Å². The average Bonchev–Trinajstić information content (AvgIpc) is 3.13. The van der Waals surface area contributed by atoms with Gasteiger partial charge in [-0.25, -0.2) is 14.6 Å². The molecule has 2 aromatic carbocycles. The lowest BCUT2D eigenvalue weighted by atomic mass is 10.1. The molecule has 0 saturated carbocycles. The van der Waals surface area contributed by atoms with Gasteiger partial charge in [-0.3, -0.25) is 0 Å². The van der Waals surface area contributed by atoms with Gasteiger partial charge in [0, 0.05) is 5.69 Å². The van der Waals surface area contributed by atoms with E-state index in [2.05, 4.69) is 15.3 Å². The fourth-order valence-corrected chi connectivity index (χ4v) is 2.70. The summed E-state index contributed by atoms with van der Waals surface area (Å²) in [6.45, 7) is 3.67. The van der Waals surface area contributed by atoms with Crippen molar-refractivity contribution in [3.8, 4) is 17.1 Å². The number of rotatable bonds is 7. The van der Waals surface area contributed by atoms with Crippen molar-refractivity contribution in [1.29, 1.82) is 0 Å². The molecule has 0 aliphatic carbocycles. The summed E-state index contributed by atoms with van der Waals surface area (Å²) in [5.74, 6) is -0.876. The molecule has 1 aromatic heterocycles. The van der Waals surface area contributed by atoms with Crippen LogP contribution in [0.5, 0.6) is 5.75 Å². The molecule has 0 radical (unpaired) electrons. The summed E-state index contributed by atoms with van der Waals surface area (Å²) in [6, 6.07) is 12.1. The molecular weight excluding hydrogens is 374 g/mol. The zero-order valence-corrected chi connectivity index (χ0v) is 16.1. The summed E-state index contributed by atoms with van der Waals surface area (Å²) in [7, 11) is 0. The van der Waals surface area contributed by atoms with Crippen LogP contribution in [0, 0.1) is 0 Å². The van der Waals surface area contributed by atoms with Crippen LogP contribution in [0.1, 0.15) is 13.8 Å². The Bertz CT molecular complexity index is 1040. The number of hydrogen-bond donors (Lipinski definition) is 3. The minimum absolute atomic E-state index is 0.0154. The van der Waals surface area contributed by atoms with Gasteiger partial charge in [-0.15, -0.1) is 0 Å². The monoisotopic (exact) mass is 395 g/mol. The smallest absolute Gasteiger partial charge is 0.355 e. The van der Waals surface area contributed by atoms with Crippen LogP contribution in [0.3, 0.4) is 0 Å². The van der Waals surface area contributed by atoms with E-state index in [0.29, 0.717) is 17.1 Å². The first-order valence-corrected chi connectivity index (χ1v) is 9.12. The number of aromatic hydroxyl groups is 1. The maximum absolute atomic E-state index is 12.2. The van der Waals surface area contributed by atoms with Gasteiger partial charge in [-0.1, -0.05) is 12.1 Å². The van der Waals surface area contributed by atoms with E-state index in [1.54, 1.807) is 26.0 Å². The molecule has 8 heteroatoms. The number of fused-ring (bicyclic) bond motifs is 1. The molecule has 3 N–H and O–H groups in total.